The molecule has 1 amide bonds. The van der Waals surface area contributed by atoms with Gasteiger partial charge in [0.05, 0.1) is 10.6 Å². The number of benzene rings is 3. The van der Waals surface area contributed by atoms with Crippen LogP contribution in [-0.2, 0) is 9.59 Å². The number of ether oxygens (including phenoxy) is 1. The van der Waals surface area contributed by atoms with Crippen molar-refractivity contribution in [2.45, 2.75) is 25.9 Å². The number of aryl methyl sites for hydroxylation is 1. The predicted molar refractivity (Wildman–Crippen MR) is 136 cm³/mol. The maximum atomic E-state index is 12.0. The molecule has 5 rings (SSSR count). The Bertz CT molecular complexity index is 1600. The van der Waals surface area contributed by atoms with Crippen LogP contribution in [0.25, 0.3) is 22.2 Å². The van der Waals surface area contributed by atoms with Gasteiger partial charge in [-0.1, -0.05) is 29.8 Å². The van der Waals surface area contributed by atoms with Crippen molar-refractivity contribution in [3.63, 3.8) is 0 Å². The van der Waals surface area contributed by atoms with E-state index in [9.17, 15) is 27.9 Å². The molecule has 3 aromatic carbocycles. The normalized spacial score (nSPS) is 13.2. The van der Waals surface area contributed by atoms with Crippen LogP contribution >= 0.6 is 11.6 Å². The van der Waals surface area contributed by atoms with E-state index in [2.05, 4.69) is 9.97 Å². The highest BCUT2D eigenvalue weighted by atomic mass is 35.5. The molecular formula is C27H21ClF3N3O6. The smallest absolute Gasteiger partial charge is 0.458 e. The number of hydrogen-bond acceptors (Lipinski definition) is 5. The number of hydrogen-bond donors (Lipinski definition) is 2. The number of fused-ring (bicyclic) bond motifs is 1. The first kappa shape index (κ1) is 28.4. The number of carbonyl (C=O) groups is 3. The molecule has 4 aromatic rings. The molecule has 0 bridgehead atoms. The lowest BCUT2D eigenvalue weighted by atomic mass is 10.0. The minimum atomic E-state index is -5.19. The first-order chi connectivity index (χ1) is 18.8. The fourth-order valence-electron chi connectivity index (χ4n) is 4.08. The van der Waals surface area contributed by atoms with Gasteiger partial charge in [-0.3, -0.25) is 4.79 Å². The number of aromatic carboxylic acids is 1. The molecule has 9 nitrogen and oxygen atoms in total. The van der Waals surface area contributed by atoms with E-state index in [0.717, 1.165) is 40.8 Å². The summed E-state index contributed by atoms with van der Waals surface area (Å²) < 4.78 is 37.4. The van der Waals surface area contributed by atoms with Crippen LogP contribution in [0.3, 0.4) is 0 Å². The molecule has 3 N–H and O–H groups in total. The molecule has 1 saturated heterocycles. The molecule has 0 atom stereocenters. The zero-order valence-corrected chi connectivity index (χ0v) is 21.5. The van der Waals surface area contributed by atoms with Crippen LogP contribution < -0.4 is 19.7 Å². The summed E-state index contributed by atoms with van der Waals surface area (Å²) in [7, 11) is 0. The van der Waals surface area contributed by atoms with Gasteiger partial charge in [0.2, 0.25) is 5.91 Å². The lowest BCUT2D eigenvalue weighted by Crippen LogP contribution is -2.37. The largest absolute Gasteiger partial charge is 0.542 e. The number of carbonyl (C=O) groups excluding carboxylic acids is 2. The Morgan fingerprint density at radius 1 is 1.12 bits per heavy atom. The molecule has 1 aliphatic rings. The molecule has 1 aliphatic heterocycles. The van der Waals surface area contributed by atoms with Gasteiger partial charge in [0.1, 0.15) is 11.7 Å². The highest BCUT2D eigenvalue weighted by Gasteiger charge is 2.29. The number of H-pyrrole nitrogens is 2. The van der Waals surface area contributed by atoms with E-state index in [-0.39, 0.29) is 11.5 Å². The second-order valence-corrected chi connectivity index (χ2v) is 9.23. The van der Waals surface area contributed by atoms with Gasteiger partial charge in [0.25, 0.3) is 0 Å². The van der Waals surface area contributed by atoms with Gasteiger partial charge in [-0.05, 0) is 54.8 Å². The van der Waals surface area contributed by atoms with Crippen LogP contribution in [0.1, 0.15) is 28.8 Å². The van der Waals surface area contributed by atoms with E-state index in [0.29, 0.717) is 28.8 Å². The monoisotopic (exact) mass is 575 g/mol. The highest BCUT2D eigenvalue weighted by molar-refractivity contribution is 6.34. The average molecular weight is 576 g/mol. The van der Waals surface area contributed by atoms with Crippen molar-refractivity contribution in [3.05, 3.63) is 70.7 Å². The number of nitrogens with one attached hydrogen (secondary N) is 2. The summed E-state index contributed by atoms with van der Waals surface area (Å²) in [5.41, 5.74) is 5.05. The van der Waals surface area contributed by atoms with E-state index in [1.165, 1.54) is 6.07 Å². The quantitative estimate of drug-likeness (QED) is 0.359. The average Bonchev–Trinajstić information content (AvgIpc) is 3.49. The van der Waals surface area contributed by atoms with Crippen molar-refractivity contribution < 1.29 is 47.5 Å². The second-order valence-electron chi connectivity index (χ2n) is 8.82. The zero-order valence-electron chi connectivity index (χ0n) is 20.8. The minimum absolute atomic E-state index is 0.153. The van der Waals surface area contributed by atoms with Gasteiger partial charge in [-0.15, -0.1) is 0 Å². The lowest BCUT2D eigenvalue weighted by Gasteiger charge is -2.16. The van der Waals surface area contributed by atoms with E-state index in [1.807, 2.05) is 36.4 Å². The van der Waals surface area contributed by atoms with Crippen molar-refractivity contribution >= 4 is 46.2 Å². The first-order valence-electron chi connectivity index (χ1n) is 11.8. The van der Waals surface area contributed by atoms with Crippen LogP contribution in [0.15, 0.2) is 54.6 Å². The van der Waals surface area contributed by atoms with Crippen molar-refractivity contribution in [1.82, 2.24) is 4.98 Å². The Morgan fingerprint density at radius 3 is 2.38 bits per heavy atom. The molecule has 1 fully saturated rings. The van der Waals surface area contributed by atoms with Crippen molar-refractivity contribution in [1.29, 1.82) is 0 Å². The maximum absolute atomic E-state index is 12.0. The third-order valence-corrected chi connectivity index (χ3v) is 6.37. The van der Waals surface area contributed by atoms with Crippen molar-refractivity contribution in [2.75, 3.05) is 11.4 Å². The summed E-state index contributed by atoms with van der Waals surface area (Å²) in [5, 5.41) is 18.7. The van der Waals surface area contributed by atoms with Gasteiger partial charge in [0, 0.05) is 30.3 Å². The number of aromatic nitrogens is 2. The van der Waals surface area contributed by atoms with Crippen molar-refractivity contribution in [3.8, 4) is 22.9 Å². The number of aromatic amines is 2. The van der Waals surface area contributed by atoms with Crippen LogP contribution in [0, 0.1) is 6.92 Å². The Kier molecular flexibility index (Phi) is 8.01. The third-order valence-electron chi connectivity index (χ3n) is 6.06. The summed E-state index contributed by atoms with van der Waals surface area (Å²) in [5.74, 6) is -3.46. The van der Waals surface area contributed by atoms with Gasteiger partial charge in [-0.2, -0.15) is 13.2 Å². The lowest BCUT2D eigenvalue weighted by molar-refractivity contribution is -0.359. The summed E-state index contributed by atoms with van der Waals surface area (Å²) >= 11 is 6.57. The number of halogens is 4. The van der Waals surface area contributed by atoms with E-state index in [1.54, 1.807) is 24.0 Å². The number of anilines is 1. The second kappa shape index (κ2) is 11.3. The SMILES string of the molecule is Cc1ccc(Oc2[nH]c3cc(Cl)c(-c4ccc(N5CCCC5=O)cc4)cc3[nH+]2)cc1C(=O)O.O=C([O-])C(F)(F)F. The number of amides is 1. The summed E-state index contributed by atoms with van der Waals surface area (Å²) in [6.45, 7) is 2.49. The number of carboxylic acids is 2. The molecule has 0 spiro atoms. The molecule has 0 aliphatic carbocycles. The molecule has 0 saturated carbocycles. The van der Waals surface area contributed by atoms with Crippen LogP contribution in [0.5, 0.6) is 11.8 Å². The topological polar surface area (TPSA) is 137 Å². The Morgan fingerprint density at radius 2 is 1.80 bits per heavy atom. The van der Waals surface area contributed by atoms with Crippen LogP contribution in [-0.4, -0.2) is 40.7 Å². The molecule has 208 valence electrons. The first-order valence-corrected chi connectivity index (χ1v) is 12.2. The Hall–Kier alpha value is -4.58. The molecule has 0 radical (unpaired) electrons. The fourth-order valence-corrected chi connectivity index (χ4v) is 4.36. The van der Waals surface area contributed by atoms with Gasteiger partial charge < -0.3 is 24.6 Å². The third kappa shape index (κ3) is 6.34. The number of alkyl halides is 3. The van der Waals surface area contributed by atoms with Gasteiger partial charge in [-0.25, -0.2) is 14.8 Å². The number of imidazole rings is 1. The van der Waals surface area contributed by atoms with E-state index < -0.39 is 18.1 Å². The zero-order chi connectivity index (χ0) is 29.2. The van der Waals surface area contributed by atoms with Crippen molar-refractivity contribution in [2.24, 2.45) is 0 Å². The van der Waals surface area contributed by atoms with E-state index in [4.69, 9.17) is 26.2 Å². The molecule has 0 unspecified atom stereocenters. The molecular weight excluding hydrogens is 555 g/mol. The molecule has 40 heavy (non-hydrogen) atoms. The fraction of sp³-hybridized carbons (Fsp3) is 0.185. The number of rotatable bonds is 5. The molecule has 13 heteroatoms. The number of aliphatic carboxylic acids is 1. The molecule has 2 heterocycles. The highest BCUT2D eigenvalue weighted by Crippen LogP contribution is 2.33. The maximum Gasteiger partial charge on any atom is 0.458 e. The predicted octanol–water partition coefficient (Wildman–Crippen LogP) is 4.53. The van der Waals surface area contributed by atoms with E-state index >= 15 is 0 Å². The number of carboxylic acid groups (broad SMARTS) is 2. The van der Waals surface area contributed by atoms with Crippen LogP contribution in [0.2, 0.25) is 5.02 Å². The van der Waals surface area contributed by atoms with Gasteiger partial charge >= 0.3 is 18.2 Å². The minimum Gasteiger partial charge on any atom is -0.542 e. The summed E-state index contributed by atoms with van der Waals surface area (Å²) in [6.07, 6.45) is -3.71. The number of nitrogens with zero attached hydrogens (tertiary/aromatic N) is 1. The molecule has 1 aromatic heterocycles. The van der Waals surface area contributed by atoms with Crippen LogP contribution in [0.4, 0.5) is 18.9 Å². The standard InChI is InChI=1S/C25H20ClN3O4.C2HF3O2/c1-14-4-9-17(11-18(14)24(31)32)33-25-27-21-12-19(20(26)13-22(21)28-25)15-5-7-16(8-6-15)29-10-2-3-23(29)30;3-2(4,5)1(6)7/h4-9,11-13H,2-3,10H2,1H3,(H,27,28)(H,31,32);(H,6,7). The Labute approximate surface area is 229 Å². The summed E-state index contributed by atoms with van der Waals surface area (Å²) in [6, 6.07) is 16.8. The summed E-state index contributed by atoms with van der Waals surface area (Å²) in [4.78, 5) is 40.3. The van der Waals surface area contributed by atoms with Gasteiger partial charge in [0.15, 0.2) is 11.0 Å². The Balaban J connectivity index is 0.000000470.